The van der Waals surface area contributed by atoms with Crippen molar-refractivity contribution in [2.75, 3.05) is 0 Å². The van der Waals surface area contributed by atoms with Crippen molar-refractivity contribution < 1.29 is 0 Å². The highest BCUT2D eigenvalue weighted by atomic mass is 32.1. The third-order valence-corrected chi connectivity index (χ3v) is 12.6. The Morgan fingerprint density at radius 2 is 0.981 bits per heavy atom. The third-order valence-electron chi connectivity index (χ3n) is 11.4. The number of hydrogen-bond acceptors (Lipinski definition) is 1. The quantitative estimate of drug-likeness (QED) is 0.165. The maximum Gasteiger partial charge on any atom is 0.332 e. The Morgan fingerprint density at radius 3 is 1.71 bits per heavy atom. The number of nitrogens with zero attached hydrogens (tertiary/aromatic N) is 2. The lowest BCUT2D eigenvalue weighted by atomic mass is 9.48. The van der Waals surface area contributed by atoms with E-state index in [9.17, 15) is 0 Å². The van der Waals surface area contributed by atoms with E-state index in [2.05, 4.69) is 185 Å². The zero-order valence-electron chi connectivity index (χ0n) is 28.1. The normalized spacial score (nSPS) is 12.6. The predicted molar refractivity (Wildman–Crippen MR) is 224 cm³/mol. The van der Waals surface area contributed by atoms with Gasteiger partial charge in [-0.2, -0.15) is 0 Å². The first-order valence-electron chi connectivity index (χ1n) is 18.0. The lowest BCUT2D eigenvalue weighted by molar-refractivity contribution is 1.18. The fraction of sp³-hybridized carbons (Fsp3) is 0. The van der Waals surface area contributed by atoms with E-state index < -0.39 is 0 Å². The zero-order valence-corrected chi connectivity index (χ0v) is 28.9. The fourth-order valence-corrected chi connectivity index (χ4v) is 10.6. The van der Waals surface area contributed by atoms with Crippen molar-refractivity contribution in [3.05, 3.63) is 176 Å². The largest absolute Gasteiger partial charge is 0.375 e. The molecule has 4 heterocycles. The van der Waals surface area contributed by atoms with E-state index in [0.717, 1.165) is 0 Å². The number of rotatable bonds is 3. The molecule has 0 bridgehead atoms. The molecule has 8 aromatic carbocycles. The average molecular weight is 677 g/mol. The molecule has 240 valence electrons. The molecule has 0 unspecified atom stereocenters. The van der Waals surface area contributed by atoms with Crippen LogP contribution in [0.15, 0.2) is 176 Å². The first-order valence-corrected chi connectivity index (χ1v) is 18.8. The molecule has 0 fully saturated rings. The number of thiophene rings is 1. The number of benzene rings is 8. The van der Waals surface area contributed by atoms with Crippen LogP contribution in [0.25, 0.3) is 91.7 Å². The van der Waals surface area contributed by atoms with Gasteiger partial charge in [-0.15, -0.1) is 11.3 Å². The van der Waals surface area contributed by atoms with E-state index in [4.69, 9.17) is 0 Å². The van der Waals surface area contributed by atoms with Crippen molar-refractivity contribution in [2.45, 2.75) is 0 Å². The first-order chi connectivity index (χ1) is 25.8. The molecule has 52 heavy (non-hydrogen) atoms. The SMILES string of the molecule is c1ccc(-c2cccc3c4cccc(-c5ccccc5)c4n(B4c5ccccc5-n5c6ccc7c8ccccc8sc7c6c6cccc4c65)c23)cc1. The first kappa shape index (κ1) is 28.4. The highest BCUT2D eigenvalue weighted by Gasteiger charge is 2.37. The van der Waals surface area contributed by atoms with Crippen molar-refractivity contribution in [3.63, 3.8) is 0 Å². The Labute approximate surface area is 304 Å². The lowest BCUT2D eigenvalue weighted by Gasteiger charge is -2.29. The Balaban J connectivity index is 1.28. The molecule has 0 atom stereocenters. The molecule has 0 N–H and O–H groups in total. The molecule has 0 spiro atoms. The summed E-state index contributed by atoms with van der Waals surface area (Å²) in [5, 5.41) is 7.89. The van der Waals surface area contributed by atoms with Gasteiger partial charge < -0.3 is 9.05 Å². The maximum atomic E-state index is 2.69. The van der Waals surface area contributed by atoms with Crippen molar-refractivity contribution in [1.82, 2.24) is 9.05 Å². The van der Waals surface area contributed by atoms with Gasteiger partial charge in [0.05, 0.1) is 11.0 Å². The summed E-state index contributed by atoms with van der Waals surface area (Å²) in [5.41, 5.74) is 13.9. The van der Waals surface area contributed by atoms with Crippen LogP contribution in [-0.4, -0.2) is 15.9 Å². The van der Waals surface area contributed by atoms with Gasteiger partial charge in [0.2, 0.25) is 0 Å². The van der Waals surface area contributed by atoms with E-state index in [1.165, 1.54) is 103 Å². The number of aromatic nitrogens is 2. The number of para-hydroxylation sites is 4. The van der Waals surface area contributed by atoms with Gasteiger partial charge in [-0.3, -0.25) is 0 Å². The molecule has 0 aliphatic carbocycles. The Hall–Kier alpha value is -6.36. The Kier molecular flexibility index (Phi) is 5.77. The molecular weight excluding hydrogens is 647 g/mol. The smallest absolute Gasteiger partial charge is 0.332 e. The van der Waals surface area contributed by atoms with E-state index in [1.807, 2.05) is 11.3 Å². The van der Waals surface area contributed by atoms with E-state index >= 15 is 0 Å². The molecule has 0 saturated carbocycles. The van der Waals surface area contributed by atoms with Gasteiger partial charge in [0.25, 0.3) is 0 Å². The van der Waals surface area contributed by atoms with Crippen LogP contribution in [0.5, 0.6) is 0 Å². The molecule has 1 aliphatic rings. The van der Waals surface area contributed by atoms with Crippen LogP contribution in [-0.2, 0) is 0 Å². The molecule has 2 nitrogen and oxygen atoms in total. The van der Waals surface area contributed by atoms with Gasteiger partial charge in [-0.25, -0.2) is 0 Å². The van der Waals surface area contributed by atoms with Gasteiger partial charge >= 0.3 is 6.85 Å². The molecular formula is C48H29BN2S. The number of hydrogen-bond donors (Lipinski definition) is 0. The van der Waals surface area contributed by atoms with Gasteiger partial charge in [-0.1, -0.05) is 158 Å². The lowest BCUT2D eigenvalue weighted by Crippen LogP contribution is -2.53. The second kappa shape index (κ2) is 10.6. The highest BCUT2D eigenvalue weighted by molar-refractivity contribution is 7.26. The summed E-state index contributed by atoms with van der Waals surface area (Å²) in [7, 11) is 0. The molecule has 0 radical (unpaired) electrons. The average Bonchev–Trinajstić information content (AvgIpc) is 3.88. The molecule has 12 rings (SSSR count). The minimum atomic E-state index is -0.0654. The van der Waals surface area contributed by atoms with Gasteiger partial charge in [0, 0.05) is 69.6 Å². The molecule has 0 saturated heterocycles. The van der Waals surface area contributed by atoms with Crippen molar-refractivity contribution in [1.29, 1.82) is 0 Å². The van der Waals surface area contributed by atoms with E-state index in [-0.39, 0.29) is 6.85 Å². The van der Waals surface area contributed by atoms with Crippen LogP contribution in [0.1, 0.15) is 0 Å². The summed E-state index contributed by atoms with van der Waals surface area (Å²) >= 11 is 1.92. The summed E-state index contributed by atoms with van der Waals surface area (Å²) in [6.07, 6.45) is 0. The fourth-order valence-electron chi connectivity index (χ4n) is 9.31. The van der Waals surface area contributed by atoms with Crippen LogP contribution in [0, 0.1) is 0 Å². The van der Waals surface area contributed by atoms with Crippen LogP contribution < -0.4 is 10.9 Å². The van der Waals surface area contributed by atoms with E-state index in [0.29, 0.717) is 0 Å². The van der Waals surface area contributed by atoms with Crippen LogP contribution >= 0.6 is 11.3 Å². The van der Waals surface area contributed by atoms with Crippen molar-refractivity contribution in [2.24, 2.45) is 0 Å². The molecule has 4 heteroatoms. The summed E-state index contributed by atoms with van der Waals surface area (Å²) < 4.78 is 7.95. The summed E-state index contributed by atoms with van der Waals surface area (Å²) in [6, 6.07) is 65.2. The second-order valence-electron chi connectivity index (χ2n) is 14.0. The van der Waals surface area contributed by atoms with Crippen molar-refractivity contribution >= 4 is 92.9 Å². The predicted octanol–water partition coefficient (Wildman–Crippen LogP) is 11.6. The minimum absolute atomic E-state index is 0.0654. The number of fused-ring (bicyclic) bond motifs is 12. The molecule has 3 aromatic heterocycles. The highest BCUT2D eigenvalue weighted by Crippen LogP contribution is 2.45. The summed E-state index contributed by atoms with van der Waals surface area (Å²) in [5.74, 6) is 0. The third kappa shape index (κ3) is 3.69. The second-order valence-corrected chi connectivity index (χ2v) is 15.0. The monoisotopic (exact) mass is 676 g/mol. The van der Waals surface area contributed by atoms with Gasteiger partial charge in [0.15, 0.2) is 0 Å². The minimum Gasteiger partial charge on any atom is -0.375 e. The Bertz CT molecular complexity index is 3140. The Morgan fingerprint density at radius 1 is 0.404 bits per heavy atom. The molecule has 1 aliphatic heterocycles. The molecule has 11 aromatic rings. The topological polar surface area (TPSA) is 9.86 Å². The summed E-state index contributed by atoms with van der Waals surface area (Å²) in [6.45, 7) is -0.0654. The summed E-state index contributed by atoms with van der Waals surface area (Å²) in [4.78, 5) is 0. The van der Waals surface area contributed by atoms with Crippen molar-refractivity contribution in [3.8, 4) is 27.9 Å². The standard InChI is InChI=1S/C48H29BN2S/c1-3-14-30(15-4-1)32-19-11-21-35-36-22-12-20-33(31-16-5-2-6-17-31)46(36)51(45(32)35)49-39-24-8-9-26-41(39)50-42-29-28-37-34-18-7-10-27-43(34)52-48(37)44(42)38-23-13-25-40(49)47(38)50/h1-29H. The van der Waals surface area contributed by atoms with Crippen LogP contribution in [0.2, 0.25) is 0 Å². The van der Waals surface area contributed by atoms with E-state index in [1.54, 1.807) is 0 Å². The van der Waals surface area contributed by atoms with Gasteiger partial charge in [0.1, 0.15) is 0 Å². The van der Waals surface area contributed by atoms with Crippen LogP contribution in [0.4, 0.5) is 0 Å². The van der Waals surface area contributed by atoms with Gasteiger partial charge in [-0.05, 0) is 40.3 Å². The molecule has 0 amide bonds. The zero-order chi connectivity index (χ0) is 33.9. The maximum absolute atomic E-state index is 2.69. The van der Waals surface area contributed by atoms with Crippen LogP contribution in [0.3, 0.4) is 0 Å².